The van der Waals surface area contributed by atoms with Gasteiger partial charge in [-0.15, -0.1) is 11.3 Å². The first-order valence-electron chi connectivity index (χ1n) is 10.2. The lowest BCUT2D eigenvalue weighted by Crippen LogP contribution is -2.25. The van der Waals surface area contributed by atoms with Crippen molar-refractivity contribution in [1.29, 1.82) is 0 Å². The van der Waals surface area contributed by atoms with Crippen LogP contribution in [-0.4, -0.2) is 32.0 Å². The van der Waals surface area contributed by atoms with Crippen LogP contribution in [-0.2, 0) is 19.4 Å². The molecular formula is C21H27N5OS. The molecule has 3 aromatic heterocycles. The molecule has 1 aliphatic heterocycles. The molecule has 1 aliphatic rings. The third kappa shape index (κ3) is 4.09. The van der Waals surface area contributed by atoms with E-state index in [-0.39, 0.29) is 5.91 Å². The van der Waals surface area contributed by atoms with E-state index in [4.69, 9.17) is 9.97 Å². The minimum Gasteiger partial charge on any atom is -0.352 e. The van der Waals surface area contributed by atoms with Crippen molar-refractivity contribution in [2.45, 2.75) is 65.3 Å². The van der Waals surface area contributed by atoms with Crippen molar-refractivity contribution >= 4 is 28.4 Å². The molecule has 0 spiro atoms. The molecule has 4 heterocycles. The number of carbonyl (C=O) groups excluding carboxylic acids is 1. The molecular weight excluding hydrogens is 370 g/mol. The fourth-order valence-electron chi connectivity index (χ4n) is 3.80. The summed E-state index contributed by atoms with van der Waals surface area (Å²) in [6, 6.07) is 1.86. The fraction of sp³-hybridized carbons (Fsp3) is 0.524. The lowest BCUT2D eigenvalue weighted by molar-refractivity contribution is 0.0954. The van der Waals surface area contributed by atoms with Gasteiger partial charge in [-0.1, -0.05) is 6.42 Å². The van der Waals surface area contributed by atoms with Crippen LogP contribution in [0, 0.1) is 13.8 Å². The highest BCUT2D eigenvalue weighted by Crippen LogP contribution is 2.24. The first-order chi connectivity index (χ1) is 13.6. The van der Waals surface area contributed by atoms with Gasteiger partial charge in [0.2, 0.25) is 0 Å². The highest BCUT2D eigenvalue weighted by atomic mass is 32.1. The van der Waals surface area contributed by atoms with Crippen LogP contribution in [0.5, 0.6) is 0 Å². The average Bonchev–Trinajstić information content (AvgIpc) is 3.15. The van der Waals surface area contributed by atoms with Gasteiger partial charge in [-0.05, 0) is 52.0 Å². The predicted octanol–water partition coefficient (Wildman–Crippen LogP) is 3.98. The molecule has 28 heavy (non-hydrogen) atoms. The summed E-state index contributed by atoms with van der Waals surface area (Å²) < 4.78 is 2.21. The van der Waals surface area contributed by atoms with E-state index in [1.165, 1.54) is 11.4 Å². The van der Waals surface area contributed by atoms with Gasteiger partial charge in [-0.25, -0.2) is 15.0 Å². The molecule has 6 nitrogen and oxygen atoms in total. The molecule has 0 fully saturated rings. The van der Waals surface area contributed by atoms with Gasteiger partial charge in [0.1, 0.15) is 11.3 Å². The zero-order chi connectivity index (χ0) is 19.5. The molecule has 148 valence electrons. The Morgan fingerprint density at radius 2 is 2.04 bits per heavy atom. The van der Waals surface area contributed by atoms with Crippen LogP contribution in [0.15, 0.2) is 11.4 Å². The molecule has 3 aromatic rings. The number of nitrogens with zero attached hydrogens (tertiary/aromatic N) is 4. The SMILES string of the molecule is Cc1csc(CCCCNC(=O)c2cc(C)nc3c2nc2n3CCCCC2)n1. The van der Waals surface area contributed by atoms with Gasteiger partial charge in [0.05, 0.1) is 10.6 Å². The van der Waals surface area contributed by atoms with Crippen molar-refractivity contribution in [2.75, 3.05) is 6.54 Å². The number of nitrogens with one attached hydrogen (secondary N) is 1. The number of carbonyl (C=O) groups is 1. The Labute approximate surface area is 169 Å². The highest BCUT2D eigenvalue weighted by Gasteiger charge is 2.20. The summed E-state index contributed by atoms with van der Waals surface area (Å²) in [6.45, 7) is 5.58. The van der Waals surface area contributed by atoms with Crippen molar-refractivity contribution in [2.24, 2.45) is 0 Å². The van der Waals surface area contributed by atoms with Crippen LogP contribution < -0.4 is 5.32 Å². The minimum absolute atomic E-state index is 0.0474. The fourth-order valence-corrected chi connectivity index (χ4v) is 4.62. The number of fused-ring (bicyclic) bond motifs is 3. The third-order valence-corrected chi connectivity index (χ3v) is 6.23. The lowest BCUT2D eigenvalue weighted by atomic mass is 10.1. The van der Waals surface area contributed by atoms with E-state index in [9.17, 15) is 4.79 Å². The van der Waals surface area contributed by atoms with E-state index in [0.29, 0.717) is 12.1 Å². The van der Waals surface area contributed by atoms with Crippen LogP contribution in [0.4, 0.5) is 0 Å². The molecule has 0 unspecified atom stereocenters. The molecule has 1 N–H and O–H groups in total. The smallest absolute Gasteiger partial charge is 0.253 e. The third-order valence-electron chi connectivity index (χ3n) is 5.21. The first kappa shape index (κ1) is 19.1. The number of aryl methyl sites for hydroxylation is 5. The van der Waals surface area contributed by atoms with Gasteiger partial charge in [-0.3, -0.25) is 4.79 Å². The zero-order valence-corrected chi connectivity index (χ0v) is 17.4. The molecule has 0 aromatic carbocycles. The van der Waals surface area contributed by atoms with E-state index >= 15 is 0 Å². The Balaban J connectivity index is 1.42. The lowest BCUT2D eigenvalue weighted by Gasteiger charge is -2.08. The maximum absolute atomic E-state index is 12.8. The second-order valence-corrected chi connectivity index (χ2v) is 8.51. The predicted molar refractivity (Wildman–Crippen MR) is 112 cm³/mol. The number of aromatic nitrogens is 4. The van der Waals surface area contributed by atoms with Crippen LogP contribution in [0.2, 0.25) is 0 Å². The minimum atomic E-state index is -0.0474. The quantitative estimate of drug-likeness (QED) is 0.639. The highest BCUT2D eigenvalue weighted by molar-refractivity contribution is 7.09. The second kappa shape index (κ2) is 8.39. The van der Waals surface area contributed by atoms with Gasteiger partial charge in [0.15, 0.2) is 5.65 Å². The number of imidazole rings is 1. The maximum Gasteiger partial charge on any atom is 0.253 e. The van der Waals surface area contributed by atoms with Crippen molar-refractivity contribution in [3.05, 3.63) is 39.2 Å². The maximum atomic E-state index is 12.8. The summed E-state index contributed by atoms with van der Waals surface area (Å²) in [7, 11) is 0. The Kier molecular flexibility index (Phi) is 5.71. The largest absolute Gasteiger partial charge is 0.352 e. The number of thiazole rings is 1. The van der Waals surface area contributed by atoms with Gasteiger partial charge < -0.3 is 9.88 Å². The molecule has 0 saturated heterocycles. The summed E-state index contributed by atoms with van der Waals surface area (Å²) in [5, 5.41) is 6.33. The van der Waals surface area contributed by atoms with E-state index in [2.05, 4.69) is 20.2 Å². The Morgan fingerprint density at radius 3 is 2.86 bits per heavy atom. The zero-order valence-electron chi connectivity index (χ0n) is 16.6. The number of rotatable bonds is 6. The summed E-state index contributed by atoms with van der Waals surface area (Å²) >= 11 is 1.71. The topological polar surface area (TPSA) is 72.7 Å². The number of amides is 1. The average molecular weight is 398 g/mol. The van der Waals surface area contributed by atoms with E-state index in [0.717, 1.165) is 73.4 Å². The van der Waals surface area contributed by atoms with Gasteiger partial charge in [0.25, 0.3) is 5.91 Å². The Morgan fingerprint density at radius 1 is 1.14 bits per heavy atom. The monoisotopic (exact) mass is 397 g/mol. The number of hydrogen-bond acceptors (Lipinski definition) is 5. The molecule has 0 atom stereocenters. The molecule has 0 radical (unpaired) electrons. The number of hydrogen-bond donors (Lipinski definition) is 1. The van der Waals surface area contributed by atoms with Gasteiger partial charge in [-0.2, -0.15) is 0 Å². The molecule has 0 saturated carbocycles. The number of unbranched alkanes of at least 4 members (excludes halogenated alkanes) is 1. The van der Waals surface area contributed by atoms with Crippen LogP contribution >= 0.6 is 11.3 Å². The van der Waals surface area contributed by atoms with Gasteiger partial charge in [0, 0.05) is 36.3 Å². The molecule has 0 bridgehead atoms. The summed E-state index contributed by atoms with van der Waals surface area (Å²) in [5.41, 5.74) is 4.21. The number of pyridine rings is 1. The van der Waals surface area contributed by atoms with Crippen molar-refractivity contribution < 1.29 is 4.79 Å². The van der Waals surface area contributed by atoms with E-state index < -0.39 is 0 Å². The second-order valence-electron chi connectivity index (χ2n) is 7.57. The standard InChI is InChI=1S/C21H27N5OS/c1-14-12-16(19-20(24-14)26-11-7-3-4-8-17(26)25-19)21(27)22-10-6-5-9-18-23-15(2)13-28-18/h12-13H,3-11H2,1-2H3,(H,22,27). The summed E-state index contributed by atoms with van der Waals surface area (Å²) in [6.07, 6.45) is 7.43. The molecule has 4 rings (SSSR count). The summed E-state index contributed by atoms with van der Waals surface area (Å²) in [4.78, 5) is 26.8. The Hall–Kier alpha value is -2.28. The van der Waals surface area contributed by atoms with Crippen LogP contribution in [0.1, 0.15) is 64.7 Å². The van der Waals surface area contributed by atoms with Crippen LogP contribution in [0.3, 0.4) is 0 Å². The molecule has 0 aliphatic carbocycles. The van der Waals surface area contributed by atoms with Crippen molar-refractivity contribution in [3.8, 4) is 0 Å². The summed E-state index contributed by atoms with van der Waals surface area (Å²) in [5.74, 6) is 1.02. The Bertz CT molecular complexity index is 990. The van der Waals surface area contributed by atoms with Crippen molar-refractivity contribution in [3.63, 3.8) is 0 Å². The van der Waals surface area contributed by atoms with Gasteiger partial charge >= 0.3 is 0 Å². The molecule has 7 heteroatoms. The van der Waals surface area contributed by atoms with E-state index in [1.54, 1.807) is 11.3 Å². The van der Waals surface area contributed by atoms with Crippen molar-refractivity contribution in [1.82, 2.24) is 24.8 Å². The first-order valence-corrected chi connectivity index (χ1v) is 11.1. The van der Waals surface area contributed by atoms with E-state index in [1.807, 2.05) is 19.9 Å². The molecule has 1 amide bonds. The van der Waals surface area contributed by atoms with Crippen LogP contribution in [0.25, 0.3) is 11.2 Å². The normalized spacial score (nSPS) is 14.1.